The molecule has 0 radical (unpaired) electrons. The van der Waals surface area contributed by atoms with Gasteiger partial charge in [0.25, 0.3) is 0 Å². The zero-order chi connectivity index (χ0) is 30.9. The first-order valence-electron chi connectivity index (χ1n) is 16.1. The van der Waals surface area contributed by atoms with Crippen LogP contribution in [-0.4, -0.2) is 4.98 Å². The summed E-state index contributed by atoms with van der Waals surface area (Å²) in [5.41, 5.74) is 8.18. The number of benzene rings is 8. The summed E-state index contributed by atoms with van der Waals surface area (Å²) < 4.78 is 2.65. The number of hydrogen-bond donors (Lipinski definition) is 0. The van der Waals surface area contributed by atoms with Crippen molar-refractivity contribution in [3.8, 4) is 33.5 Å². The van der Waals surface area contributed by atoms with Gasteiger partial charge in [0.15, 0.2) is 0 Å². The first-order chi connectivity index (χ1) is 23.3. The molecule has 0 N–H and O–H groups in total. The number of rotatable bonds is 3. The van der Waals surface area contributed by atoms with E-state index in [0.29, 0.717) is 0 Å². The van der Waals surface area contributed by atoms with E-state index in [1.54, 1.807) is 0 Å². The molecule has 2 aromatic heterocycles. The Bertz CT molecular complexity index is 2770. The molecule has 0 aliphatic rings. The Labute approximate surface area is 276 Å². The third kappa shape index (κ3) is 3.99. The first kappa shape index (κ1) is 26.4. The maximum absolute atomic E-state index is 5.29. The van der Waals surface area contributed by atoms with Gasteiger partial charge in [-0.1, -0.05) is 152 Å². The highest BCUT2D eigenvalue weighted by Gasteiger charge is 2.18. The van der Waals surface area contributed by atoms with Crippen LogP contribution >= 0.6 is 11.3 Å². The Balaban J connectivity index is 1.21. The van der Waals surface area contributed by atoms with Gasteiger partial charge in [0, 0.05) is 41.9 Å². The van der Waals surface area contributed by atoms with Crippen molar-refractivity contribution >= 4 is 74.7 Å². The van der Waals surface area contributed by atoms with Crippen LogP contribution in [0.25, 0.3) is 96.9 Å². The summed E-state index contributed by atoms with van der Waals surface area (Å²) in [6, 6.07) is 59.4. The minimum absolute atomic E-state index is 1.03. The second-order valence-corrected chi connectivity index (χ2v) is 13.3. The largest absolute Gasteiger partial charge is 0.247 e. The highest BCUT2D eigenvalue weighted by Crippen LogP contribution is 2.45. The van der Waals surface area contributed by atoms with Crippen molar-refractivity contribution in [3.05, 3.63) is 164 Å². The van der Waals surface area contributed by atoms with E-state index in [9.17, 15) is 0 Å². The highest BCUT2D eigenvalue weighted by molar-refractivity contribution is 7.26. The molecule has 0 saturated heterocycles. The van der Waals surface area contributed by atoms with Gasteiger partial charge in [0.1, 0.15) is 0 Å². The number of nitrogens with zero attached hydrogens (tertiary/aromatic N) is 1. The van der Waals surface area contributed by atoms with Crippen LogP contribution in [0.5, 0.6) is 0 Å². The van der Waals surface area contributed by atoms with Crippen LogP contribution in [0, 0.1) is 0 Å². The van der Waals surface area contributed by atoms with E-state index in [-0.39, 0.29) is 0 Å². The monoisotopic (exact) mass is 613 g/mol. The molecule has 0 aliphatic carbocycles. The summed E-state index contributed by atoms with van der Waals surface area (Å²) in [4.78, 5) is 5.29. The average Bonchev–Trinajstić information content (AvgIpc) is 3.53. The maximum atomic E-state index is 5.29. The molecule has 2 heterocycles. The summed E-state index contributed by atoms with van der Waals surface area (Å²) in [5, 5.41) is 11.4. The van der Waals surface area contributed by atoms with E-state index in [0.717, 1.165) is 16.8 Å². The Hall–Kier alpha value is -5.83. The molecular weight excluding hydrogens is 587 g/mol. The highest BCUT2D eigenvalue weighted by atomic mass is 32.1. The van der Waals surface area contributed by atoms with Crippen molar-refractivity contribution in [2.75, 3.05) is 0 Å². The van der Waals surface area contributed by atoms with Gasteiger partial charge in [0.05, 0.1) is 11.2 Å². The molecule has 0 amide bonds. The number of para-hydroxylation sites is 1. The van der Waals surface area contributed by atoms with Gasteiger partial charge in [0.2, 0.25) is 0 Å². The summed E-state index contributed by atoms with van der Waals surface area (Å²) >= 11 is 1.88. The first-order valence-corrected chi connectivity index (χ1v) is 16.9. The van der Waals surface area contributed by atoms with Crippen LogP contribution in [0.1, 0.15) is 0 Å². The van der Waals surface area contributed by atoms with Crippen LogP contribution in [0.3, 0.4) is 0 Å². The normalized spacial score (nSPS) is 11.8. The molecule has 0 unspecified atom stereocenters. The molecule has 0 aliphatic heterocycles. The zero-order valence-electron chi connectivity index (χ0n) is 25.4. The quantitative estimate of drug-likeness (QED) is 0.143. The van der Waals surface area contributed by atoms with Crippen molar-refractivity contribution < 1.29 is 0 Å². The van der Waals surface area contributed by atoms with E-state index in [1.165, 1.54) is 80.1 Å². The number of hydrogen-bond acceptors (Lipinski definition) is 2. The second kappa shape index (κ2) is 10.3. The predicted octanol–water partition coefficient (Wildman–Crippen LogP) is 13.1. The van der Waals surface area contributed by atoms with Gasteiger partial charge in [-0.15, -0.1) is 11.3 Å². The maximum Gasteiger partial charge on any atom is 0.0788 e. The molecule has 0 saturated carbocycles. The Kier molecular flexibility index (Phi) is 5.81. The van der Waals surface area contributed by atoms with E-state index in [4.69, 9.17) is 4.98 Å². The molecule has 0 spiro atoms. The molecule has 10 aromatic rings. The summed E-state index contributed by atoms with van der Waals surface area (Å²) in [6.45, 7) is 0. The van der Waals surface area contributed by atoms with Crippen molar-refractivity contribution in [2.24, 2.45) is 0 Å². The third-order valence-corrected chi connectivity index (χ3v) is 10.9. The van der Waals surface area contributed by atoms with Crippen molar-refractivity contribution in [1.29, 1.82) is 0 Å². The number of thiophene rings is 1. The molecule has 0 fully saturated rings. The van der Waals surface area contributed by atoms with Gasteiger partial charge >= 0.3 is 0 Å². The van der Waals surface area contributed by atoms with Crippen molar-refractivity contribution in [3.63, 3.8) is 0 Å². The molecule has 2 heteroatoms. The number of pyridine rings is 1. The third-order valence-electron chi connectivity index (χ3n) is 9.65. The van der Waals surface area contributed by atoms with Crippen LogP contribution in [0.2, 0.25) is 0 Å². The zero-order valence-corrected chi connectivity index (χ0v) is 26.3. The van der Waals surface area contributed by atoms with E-state index in [2.05, 4.69) is 164 Å². The molecule has 218 valence electrons. The van der Waals surface area contributed by atoms with Crippen LogP contribution < -0.4 is 0 Å². The van der Waals surface area contributed by atoms with E-state index >= 15 is 0 Å². The lowest BCUT2D eigenvalue weighted by atomic mass is 9.86. The molecule has 10 rings (SSSR count). The number of fused-ring (bicyclic) bond motifs is 9. The van der Waals surface area contributed by atoms with Crippen LogP contribution in [0.15, 0.2) is 164 Å². The molecular formula is C45H27NS. The lowest BCUT2D eigenvalue weighted by molar-refractivity contribution is 1.43. The molecule has 0 bridgehead atoms. The molecule has 0 atom stereocenters. The summed E-state index contributed by atoms with van der Waals surface area (Å²) in [6.07, 6.45) is 0. The lowest BCUT2D eigenvalue weighted by Gasteiger charge is -2.18. The second-order valence-electron chi connectivity index (χ2n) is 12.2. The lowest BCUT2D eigenvalue weighted by Crippen LogP contribution is -1.92. The SMILES string of the molecule is c1ccc(-c2c3ccccc3c(-c3ccc(-c4nc5ccccc5c5c4ccc4c6ccccc6sc45)cc3)c3ccccc23)cc1. The fraction of sp³-hybridized carbons (Fsp3) is 0. The Morgan fingerprint density at radius 3 is 1.49 bits per heavy atom. The average molecular weight is 614 g/mol. The van der Waals surface area contributed by atoms with Gasteiger partial charge in [-0.3, -0.25) is 0 Å². The topological polar surface area (TPSA) is 12.9 Å². The van der Waals surface area contributed by atoms with Gasteiger partial charge in [-0.25, -0.2) is 4.98 Å². The minimum Gasteiger partial charge on any atom is -0.247 e. The van der Waals surface area contributed by atoms with Gasteiger partial charge in [-0.2, -0.15) is 0 Å². The molecule has 8 aromatic carbocycles. The summed E-state index contributed by atoms with van der Waals surface area (Å²) in [7, 11) is 0. The van der Waals surface area contributed by atoms with E-state index in [1.807, 2.05) is 11.3 Å². The standard InChI is InChI=1S/C45H27NS/c1-2-12-28(13-3-1)41-32-15-4-6-17-34(32)42(35-18-7-5-16-33(35)41)29-22-24-30(25-23-29)44-38-27-26-36-31-14-9-11-21-40(31)47-45(36)43(38)37-19-8-10-20-39(37)46-44/h1-27H. The predicted molar refractivity (Wildman–Crippen MR) is 203 cm³/mol. The fourth-order valence-electron chi connectivity index (χ4n) is 7.59. The molecule has 1 nitrogen and oxygen atoms in total. The van der Waals surface area contributed by atoms with E-state index < -0.39 is 0 Å². The fourth-order valence-corrected chi connectivity index (χ4v) is 8.85. The smallest absolute Gasteiger partial charge is 0.0788 e. The van der Waals surface area contributed by atoms with Gasteiger partial charge < -0.3 is 0 Å². The Morgan fingerprint density at radius 2 is 0.830 bits per heavy atom. The summed E-state index contributed by atoms with van der Waals surface area (Å²) in [5.74, 6) is 0. The van der Waals surface area contributed by atoms with Crippen molar-refractivity contribution in [1.82, 2.24) is 4.98 Å². The van der Waals surface area contributed by atoms with Crippen molar-refractivity contribution in [2.45, 2.75) is 0 Å². The van der Waals surface area contributed by atoms with Crippen LogP contribution in [-0.2, 0) is 0 Å². The molecule has 47 heavy (non-hydrogen) atoms. The Morgan fingerprint density at radius 1 is 0.340 bits per heavy atom. The van der Waals surface area contributed by atoms with Gasteiger partial charge in [-0.05, 0) is 55.9 Å². The van der Waals surface area contributed by atoms with Crippen LogP contribution in [0.4, 0.5) is 0 Å². The minimum atomic E-state index is 1.03. The number of aromatic nitrogens is 1.